The van der Waals surface area contributed by atoms with Crippen molar-refractivity contribution in [1.82, 2.24) is 0 Å². The van der Waals surface area contributed by atoms with Crippen molar-refractivity contribution in [2.45, 2.75) is 52.5 Å². The molecule has 2 heteroatoms. The minimum Gasteiger partial charge on any atom is -0.459 e. The predicted octanol–water partition coefficient (Wildman–Crippen LogP) is 5.20. The number of aryl methyl sites for hydroxylation is 1. The molecule has 2 nitrogen and oxygen atoms in total. The lowest BCUT2D eigenvalue weighted by atomic mass is 9.74. The molecular formula is C19H27NO. The van der Waals surface area contributed by atoms with E-state index < -0.39 is 0 Å². The van der Waals surface area contributed by atoms with E-state index in [1.165, 1.54) is 36.6 Å². The lowest BCUT2D eigenvalue weighted by Crippen LogP contribution is -2.27. The van der Waals surface area contributed by atoms with Crippen LogP contribution in [0.25, 0.3) is 11.0 Å². The van der Waals surface area contributed by atoms with Crippen molar-refractivity contribution in [3.63, 3.8) is 0 Å². The number of hydrogen-bond donors (Lipinski definition) is 1. The summed E-state index contributed by atoms with van der Waals surface area (Å²) in [5.74, 6) is 3.22. The summed E-state index contributed by atoms with van der Waals surface area (Å²) in [6.45, 7) is 6.79. The van der Waals surface area contributed by atoms with Gasteiger partial charge in [-0.1, -0.05) is 25.5 Å². The van der Waals surface area contributed by atoms with Gasteiger partial charge in [-0.05, 0) is 68.6 Å². The van der Waals surface area contributed by atoms with E-state index in [0.29, 0.717) is 5.92 Å². The molecule has 21 heavy (non-hydrogen) atoms. The number of nitrogens with two attached hydrogens (primary N) is 1. The van der Waals surface area contributed by atoms with Gasteiger partial charge in [-0.25, -0.2) is 0 Å². The molecule has 1 aliphatic carbocycles. The predicted molar refractivity (Wildman–Crippen MR) is 88.2 cm³/mol. The van der Waals surface area contributed by atoms with Gasteiger partial charge >= 0.3 is 0 Å². The van der Waals surface area contributed by atoms with E-state index in [1.807, 2.05) is 0 Å². The normalized spacial score (nSPS) is 24.6. The van der Waals surface area contributed by atoms with Gasteiger partial charge in [-0.3, -0.25) is 0 Å². The number of fused-ring (bicyclic) bond motifs is 1. The van der Waals surface area contributed by atoms with E-state index in [0.717, 1.165) is 23.2 Å². The maximum atomic E-state index is 6.50. The van der Waals surface area contributed by atoms with Crippen molar-refractivity contribution in [3.05, 3.63) is 35.6 Å². The van der Waals surface area contributed by atoms with Crippen LogP contribution in [0.1, 0.15) is 56.9 Å². The zero-order chi connectivity index (χ0) is 15.0. The Balaban J connectivity index is 1.73. The Morgan fingerprint density at radius 1 is 1.05 bits per heavy atom. The van der Waals surface area contributed by atoms with E-state index >= 15 is 0 Å². The Kier molecular flexibility index (Phi) is 4.08. The van der Waals surface area contributed by atoms with Crippen LogP contribution < -0.4 is 5.73 Å². The molecule has 2 aromatic rings. The monoisotopic (exact) mass is 285 g/mol. The van der Waals surface area contributed by atoms with E-state index in [2.05, 4.69) is 45.0 Å². The number of benzene rings is 1. The van der Waals surface area contributed by atoms with Crippen LogP contribution in [-0.2, 0) is 0 Å². The molecule has 0 bridgehead atoms. The summed E-state index contributed by atoms with van der Waals surface area (Å²) in [5, 5.41) is 1.18. The van der Waals surface area contributed by atoms with Gasteiger partial charge in [-0.2, -0.15) is 0 Å². The molecule has 2 N–H and O–H groups in total. The molecule has 1 aliphatic rings. The average molecular weight is 285 g/mol. The molecule has 1 fully saturated rings. The third-order valence-electron chi connectivity index (χ3n) is 5.29. The Bertz CT molecular complexity index is 605. The molecule has 1 aromatic heterocycles. The van der Waals surface area contributed by atoms with Crippen molar-refractivity contribution in [2.75, 3.05) is 0 Å². The van der Waals surface area contributed by atoms with Crippen LogP contribution in [-0.4, -0.2) is 0 Å². The standard InChI is InChI=1S/C19H27NO/c1-12(2)14-5-7-15(8-6-14)19(20)18-11-16-10-13(3)4-9-17(16)21-18/h4,9-12,14-15,19H,5-8,20H2,1-3H3. The van der Waals surface area contributed by atoms with E-state index in [-0.39, 0.29) is 6.04 Å². The average Bonchev–Trinajstić information content (AvgIpc) is 2.89. The van der Waals surface area contributed by atoms with Gasteiger partial charge in [0.25, 0.3) is 0 Å². The zero-order valence-corrected chi connectivity index (χ0v) is 13.4. The van der Waals surface area contributed by atoms with E-state index in [9.17, 15) is 0 Å². The fourth-order valence-corrected chi connectivity index (χ4v) is 3.75. The first-order valence-electron chi connectivity index (χ1n) is 8.30. The Morgan fingerprint density at radius 2 is 1.71 bits per heavy atom. The highest BCUT2D eigenvalue weighted by atomic mass is 16.3. The molecule has 0 aliphatic heterocycles. The lowest BCUT2D eigenvalue weighted by Gasteiger charge is -2.33. The highest BCUT2D eigenvalue weighted by Gasteiger charge is 2.29. The second-order valence-electron chi connectivity index (χ2n) is 7.13. The highest BCUT2D eigenvalue weighted by molar-refractivity contribution is 5.78. The van der Waals surface area contributed by atoms with Gasteiger partial charge < -0.3 is 10.2 Å². The summed E-state index contributed by atoms with van der Waals surface area (Å²) in [6.07, 6.45) is 5.10. The third kappa shape index (κ3) is 3.01. The molecule has 0 amide bonds. The first-order valence-corrected chi connectivity index (χ1v) is 8.30. The maximum absolute atomic E-state index is 6.50. The van der Waals surface area contributed by atoms with Gasteiger partial charge in [-0.15, -0.1) is 0 Å². The van der Waals surface area contributed by atoms with Crippen molar-refractivity contribution >= 4 is 11.0 Å². The molecule has 1 aromatic carbocycles. The minimum atomic E-state index is 0.0471. The van der Waals surface area contributed by atoms with E-state index in [4.69, 9.17) is 10.2 Å². The smallest absolute Gasteiger partial charge is 0.134 e. The summed E-state index contributed by atoms with van der Waals surface area (Å²) in [4.78, 5) is 0. The maximum Gasteiger partial charge on any atom is 0.134 e. The number of rotatable bonds is 3. The van der Waals surface area contributed by atoms with Crippen LogP contribution in [0.15, 0.2) is 28.7 Å². The molecular weight excluding hydrogens is 258 g/mol. The third-order valence-corrected chi connectivity index (χ3v) is 5.29. The Morgan fingerprint density at radius 3 is 2.38 bits per heavy atom. The lowest BCUT2D eigenvalue weighted by molar-refractivity contribution is 0.195. The summed E-state index contributed by atoms with van der Waals surface area (Å²) in [7, 11) is 0. The number of hydrogen-bond acceptors (Lipinski definition) is 2. The zero-order valence-electron chi connectivity index (χ0n) is 13.4. The molecule has 3 rings (SSSR count). The molecule has 0 saturated heterocycles. The van der Waals surface area contributed by atoms with Crippen molar-refractivity contribution in [1.29, 1.82) is 0 Å². The fraction of sp³-hybridized carbons (Fsp3) is 0.579. The summed E-state index contributed by atoms with van der Waals surface area (Å²) >= 11 is 0. The minimum absolute atomic E-state index is 0.0471. The van der Waals surface area contributed by atoms with Crippen LogP contribution in [0, 0.1) is 24.7 Å². The van der Waals surface area contributed by atoms with E-state index in [1.54, 1.807) is 0 Å². The van der Waals surface area contributed by atoms with Crippen molar-refractivity contribution in [2.24, 2.45) is 23.5 Å². The van der Waals surface area contributed by atoms with Gasteiger partial charge in [0.05, 0.1) is 6.04 Å². The van der Waals surface area contributed by atoms with Crippen LogP contribution in [0.5, 0.6) is 0 Å². The SMILES string of the molecule is Cc1ccc2oc(C(N)C3CCC(C(C)C)CC3)cc2c1. The van der Waals surface area contributed by atoms with Gasteiger partial charge in [0.1, 0.15) is 11.3 Å². The van der Waals surface area contributed by atoms with Crippen molar-refractivity contribution in [3.8, 4) is 0 Å². The molecule has 0 spiro atoms. The van der Waals surface area contributed by atoms with Gasteiger partial charge in [0.2, 0.25) is 0 Å². The second kappa shape index (κ2) is 5.84. The quantitative estimate of drug-likeness (QED) is 0.841. The second-order valence-corrected chi connectivity index (χ2v) is 7.13. The molecule has 1 saturated carbocycles. The van der Waals surface area contributed by atoms with Crippen molar-refractivity contribution < 1.29 is 4.42 Å². The summed E-state index contributed by atoms with van der Waals surface area (Å²) in [6, 6.07) is 8.50. The van der Waals surface area contributed by atoms with Crippen LogP contribution in [0.3, 0.4) is 0 Å². The molecule has 1 heterocycles. The first-order chi connectivity index (χ1) is 10.0. The summed E-state index contributed by atoms with van der Waals surface area (Å²) in [5.41, 5.74) is 8.72. The van der Waals surface area contributed by atoms with Gasteiger partial charge in [0.15, 0.2) is 0 Å². The van der Waals surface area contributed by atoms with Crippen LogP contribution >= 0.6 is 0 Å². The van der Waals surface area contributed by atoms with Crippen LogP contribution in [0.2, 0.25) is 0 Å². The first kappa shape index (κ1) is 14.6. The highest BCUT2D eigenvalue weighted by Crippen LogP contribution is 2.39. The van der Waals surface area contributed by atoms with Crippen LogP contribution in [0.4, 0.5) is 0 Å². The molecule has 114 valence electrons. The molecule has 1 atom stereocenters. The Hall–Kier alpha value is -1.28. The molecule has 0 radical (unpaired) electrons. The Labute approximate surface area is 127 Å². The topological polar surface area (TPSA) is 39.2 Å². The number of furan rings is 1. The summed E-state index contributed by atoms with van der Waals surface area (Å²) < 4.78 is 5.99. The molecule has 1 unspecified atom stereocenters. The van der Waals surface area contributed by atoms with Gasteiger partial charge in [0, 0.05) is 5.39 Å². The largest absolute Gasteiger partial charge is 0.459 e. The fourth-order valence-electron chi connectivity index (χ4n) is 3.75.